The van der Waals surface area contributed by atoms with Crippen LogP contribution in [0, 0.1) is 5.82 Å². The molecule has 0 fully saturated rings. The molecule has 2 amide bonds. The first kappa shape index (κ1) is 25.1. The predicted octanol–water partition coefficient (Wildman–Crippen LogP) is 5.02. The SMILES string of the molecule is C=C/C(=C\c1c(-c2ccccc2OC)c[nH]c1N)c1cc(F)c(NC(=O)OC)c(C(=O)N(C)C)c1. The first-order chi connectivity index (χ1) is 16.7. The number of nitrogens with two attached hydrogens (primary N) is 1. The number of nitrogens with zero attached hydrogens (tertiary/aromatic N) is 1. The Kier molecular flexibility index (Phi) is 7.60. The molecule has 8 nitrogen and oxygen atoms in total. The van der Waals surface area contributed by atoms with Gasteiger partial charge in [-0.1, -0.05) is 30.9 Å². The zero-order chi connectivity index (χ0) is 25.7. The summed E-state index contributed by atoms with van der Waals surface area (Å²) in [4.78, 5) is 28.8. The van der Waals surface area contributed by atoms with E-state index in [4.69, 9.17) is 10.5 Å². The predicted molar refractivity (Wildman–Crippen MR) is 136 cm³/mol. The van der Waals surface area contributed by atoms with Gasteiger partial charge in [0.05, 0.1) is 25.5 Å². The van der Waals surface area contributed by atoms with Crippen LogP contribution in [0.4, 0.5) is 20.7 Å². The van der Waals surface area contributed by atoms with E-state index in [1.165, 1.54) is 37.2 Å². The van der Waals surface area contributed by atoms with Crippen molar-refractivity contribution in [1.29, 1.82) is 0 Å². The number of ether oxygens (including phenoxy) is 2. The Morgan fingerprint density at radius 2 is 1.89 bits per heavy atom. The second-order valence-electron chi connectivity index (χ2n) is 7.73. The third-order valence-corrected chi connectivity index (χ3v) is 5.34. The van der Waals surface area contributed by atoms with Crippen molar-refractivity contribution < 1.29 is 23.5 Å². The van der Waals surface area contributed by atoms with Crippen LogP contribution in [0.5, 0.6) is 5.75 Å². The van der Waals surface area contributed by atoms with E-state index in [9.17, 15) is 9.59 Å². The van der Waals surface area contributed by atoms with Gasteiger partial charge in [0.15, 0.2) is 0 Å². The summed E-state index contributed by atoms with van der Waals surface area (Å²) in [6.45, 7) is 3.86. The molecule has 4 N–H and O–H groups in total. The number of hydrogen-bond donors (Lipinski definition) is 3. The van der Waals surface area contributed by atoms with Gasteiger partial charge < -0.3 is 25.1 Å². The number of para-hydroxylation sites is 1. The Morgan fingerprint density at radius 1 is 1.17 bits per heavy atom. The molecule has 0 aliphatic rings. The molecule has 9 heteroatoms. The minimum atomic E-state index is -0.898. The first-order valence-corrected chi connectivity index (χ1v) is 10.6. The largest absolute Gasteiger partial charge is 0.496 e. The van der Waals surface area contributed by atoms with E-state index in [1.807, 2.05) is 24.3 Å². The molecule has 0 aliphatic heterocycles. The number of nitrogens with one attached hydrogen (secondary N) is 2. The van der Waals surface area contributed by atoms with Crippen molar-refractivity contribution in [3.8, 4) is 16.9 Å². The van der Waals surface area contributed by atoms with Gasteiger partial charge in [0.1, 0.15) is 17.4 Å². The zero-order valence-corrected chi connectivity index (χ0v) is 19.9. The van der Waals surface area contributed by atoms with Crippen LogP contribution in [-0.4, -0.2) is 50.2 Å². The van der Waals surface area contributed by atoms with Crippen molar-refractivity contribution in [1.82, 2.24) is 9.88 Å². The Bertz CT molecular complexity index is 1310. The number of amides is 2. The number of benzene rings is 2. The van der Waals surface area contributed by atoms with E-state index in [0.717, 1.165) is 18.2 Å². The minimum Gasteiger partial charge on any atom is -0.496 e. The summed E-state index contributed by atoms with van der Waals surface area (Å²) < 4.78 is 25.2. The van der Waals surface area contributed by atoms with Crippen molar-refractivity contribution in [2.45, 2.75) is 0 Å². The third kappa shape index (κ3) is 5.19. The molecule has 1 aromatic heterocycles. The van der Waals surface area contributed by atoms with Gasteiger partial charge in [0.25, 0.3) is 5.91 Å². The molecular formula is C26H27FN4O4. The normalized spacial score (nSPS) is 11.1. The van der Waals surface area contributed by atoms with Crippen molar-refractivity contribution in [2.24, 2.45) is 0 Å². The number of hydrogen-bond acceptors (Lipinski definition) is 5. The lowest BCUT2D eigenvalue weighted by Crippen LogP contribution is -2.25. The zero-order valence-electron chi connectivity index (χ0n) is 19.9. The van der Waals surface area contributed by atoms with E-state index in [2.05, 4.69) is 21.6 Å². The first-order valence-electron chi connectivity index (χ1n) is 10.6. The molecule has 2 aromatic carbocycles. The van der Waals surface area contributed by atoms with Gasteiger partial charge in [-0.2, -0.15) is 0 Å². The van der Waals surface area contributed by atoms with Crippen LogP contribution in [-0.2, 0) is 4.74 Å². The fraction of sp³-hybridized carbons (Fsp3) is 0.154. The van der Waals surface area contributed by atoms with Crippen molar-refractivity contribution in [3.63, 3.8) is 0 Å². The molecule has 0 spiro atoms. The summed E-state index contributed by atoms with van der Waals surface area (Å²) in [7, 11) is 5.78. The topological polar surface area (TPSA) is 110 Å². The third-order valence-electron chi connectivity index (χ3n) is 5.34. The van der Waals surface area contributed by atoms with Gasteiger partial charge in [-0.25, -0.2) is 9.18 Å². The minimum absolute atomic E-state index is 0.0462. The summed E-state index contributed by atoms with van der Waals surface area (Å²) in [6.07, 6.45) is 4.13. The Balaban J connectivity index is 2.19. The number of carbonyl (C=O) groups excluding carboxylic acids is 2. The molecule has 35 heavy (non-hydrogen) atoms. The molecule has 3 aromatic rings. The summed E-state index contributed by atoms with van der Waals surface area (Å²) in [6, 6.07) is 10.2. The second kappa shape index (κ2) is 10.6. The molecule has 182 valence electrons. The molecule has 1 heterocycles. The van der Waals surface area contributed by atoms with Crippen LogP contribution in [0.3, 0.4) is 0 Å². The number of aromatic nitrogens is 1. The highest BCUT2D eigenvalue weighted by atomic mass is 19.1. The van der Waals surface area contributed by atoms with Crippen LogP contribution >= 0.6 is 0 Å². The molecular weight excluding hydrogens is 451 g/mol. The summed E-state index contributed by atoms with van der Waals surface area (Å²) >= 11 is 0. The summed E-state index contributed by atoms with van der Waals surface area (Å²) in [5, 5.41) is 2.28. The highest BCUT2D eigenvalue weighted by molar-refractivity contribution is 6.04. The number of aromatic amines is 1. The number of rotatable bonds is 7. The van der Waals surface area contributed by atoms with E-state index in [1.54, 1.807) is 19.4 Å². The van der Waals surface area contributed by atoms with Crippen LogP contribution in [0.15, 0.2) is 55.3 Å². The Morgan fingerprint density at radius 3 is 2.51 bits per heavy atom. The van der Waals surface area contributed by atoms with Crippen LogP contribution < -0.4 is 15.8 Å². The van der Waals surface area contributed by atoms with Gasteiger partial charge in [0.2, 0.25) is 0 Å². The lowest BCUT2D eigenvalue weighted by molar-refractivity contribution is 0.0828. The van der Waals surface area contributed by atoms with E-state index < -0.39 is 17.8 Å². The number of allylic oxidation sites excluding steroid dienone is 2. The summed E-state index contributed by atoms with van der Waals surface area (Å²) in [5.74, 6) is -0.266. The fourth-order valence-electron chi connectivity index (χ4n) is 3.57. The molecule has 0 unspecified atom stereocenters. The molecule has 0 saturated heterocycles. The molecule has 3 rings (SSSR count). The lowest BCUT2D eigenvalue weighted by atomic mass is 9.96. The Hall–Kier alpha value is -4.53. The van der Waals surface area contributed by atoms with Gasteiger partial charge in [-0.15, -0.1) is 0 Å². The standard InChI is InChI=1S/C26H27FN4O4/c1-6-15(11-18-20(14-29-24(18)28)17-9-7-8-10-22(17)34-4)16-12-19(25(32)31(2)3)23(21(27)13-16)30-26(33)35-5/h6-14,29H,1,28H2,2-5H3,(H,30,33)/b15-11+. The lowest BCUT2D eigenvalue weighted by Gasteiger charge is -2.17. The smallest absolute Gasteiger partial charge is 0.411 e. The van der Waals surface area contributed by atoms with Gasteiger partial charge >= 0.3 is 6.09 Å². The van der Waals surface area contributed by atoms with Gasteiger partial charge in [-0.05, 0) is 35.4 Å². The van der Waals surface area contributed by atoms with E-state index in [0.29, 0.717) is 28.3 Å². The monoisotopic (exact) mass is 478 g/mol. The molecule has 0 atom stereocenters. The maximum absolute atomic E-state index is 15.2. The van der Waals surface area contributed by atoms with Gasteiger partial charge in [0, 0.05) is 37.0 Å². The quantitative estimate of drug-likeness (QED) is 0.413. The van der Waals surface area contributed by atoms with Crippen LogP contribution in [0.1, 0.15) is 21.5 Å². The summed E-state index contributed by atoms with van der Waals surface area (Å²) in [5.41, 5.74) is 8.99. The fourth-order valence-corrected chi connectivity index (χ4v) is 3.57. The van der Waals surface area contributed by atoms with Crippen LogP contribution in [0.25, 0.3) is 22.8 Å². The van der Waals surface area contributed by atoms with E-state index >= 15 is 4.39 Å². The number of anilines is 2. The van der Waals surface area contributed by atoms with Crippen molar-refractivity contribution >= 4 is 35.2 Å². The van der Waals surface area contributed by atoms with Crippen LogP contribution in [0.2, 0.25) is 0 Å². The number of carbonyl (C=O) groups is 2. The molecule has 0 bridgehead atoms. The van der Waals surface area contributed by atoms with E-state index in [-0.39, 0.29) is 11.3 Å². The van der Waals surface area contributed by atoms with Crippen molar-refractivity contribution in [2.75, 3.05) is 39.4 Å². The number of H-pyrrole nitrogens is 1. The molecule has 0 radical (unpaired) electrons. The van der Waals surface area contributed by atoms with Gasteiger partial charge in [-0.3, -0.25) is 10.1 Å². The number of halogens is 1. The molecule has 0 aliphatic carbocycles. The molecule has 0 saturated carbocycles. The maximum atomic E-state index is 15.2. The highest BCUT2D eigenvalue weighted by Gasteiger charge is 2.22. The maximum Gasteiger partial charge on any atom is 0.411 e. The average Bonchev–Trinajstić information content (AvgIpc) is 3.22. The average molecular weight is 479 g/mol. The van der Waals surface area contributed by atoms with Crippen molar-refractivity contribution in [3.05, 3.63) is 77.8 Å². The highest BCUT2D eigenvalue weighted by Crippen LogP contribution is 2.37. The number of methoxy groups -OCH3 is 2. The Labute approximate surface area is 202 Å². The number of nitrogen functional groups attached to an aromatic ring is 1. The second-order valence-corrected chi connectivity index (χ2v) is 7.73.